The van der Waals surface area contributed by atoms with E-state index in [1.165, 1.54) is 71.1 Å². The molecule has 0 amide bonds. The summed E-state index contributed by atoms with van der Waals surface area (Å²) in [4.78, 5) is 2.83. The van der Waals surface area contributed by atoms with Gasteiger partial charge in [0.25, 0.3) is 0 Å². The quantitative estimate of drug-likeness (QED) is 0.732. The van der Waals surface area contributed by atoms with E-state index in [1.807, 2.05) is 0 Å². The zero-order valence-electron chi connectivity index (χ0n) is 10.5. The van der Waals surface area contributed by atoms with Gasteiger partial charge in [0.2, 0.25) is 0 Å². The molecule has 2 heterocycles. The van der Waals surface area contributed by atoms with Gasteiger partial charge in [0.05, 0.1) is 0 Å². The van der Waals surface area contributed by atoms with Crippen molar-refractivity contribution in [3.05, 3.63) is 0 Å². The molecule has 1 aliphatic carbocycles. The number of fused-ring (bicyclic) bond motifs is 1. The van der Waals surface area contributed by atoms with Crippen molar-refractivity contribution < 1.29 is 0 Å². The Morgan fingerprint density at radius 1 is 0.750 bits per heavy atom. The second-order valence-electron chi connectivity index (χ2n) is 6.13. The molecule has 3 rings (SSSR count). The molecule has 1 N–H and O–H groups in total. The van der Waals surface area contributed by atoms with Crippen LogP contribution in [0, 0.1) is 11.8 Å². The molecule has 0 unspecified atom stereocenters. The van der Waals surface area contributed by atoms with Gasteiger partial charge in [-0.05, 0) is 37.8 Å². The Balaban J connectivity index is 1.55. The summed E-state index contributed by atoms with van der Waals surface area (Å²) < 4.78 is 0. The number of nitrogens with zero attached hydrogens (tertiary/aromatic N) is 1. The van der Waals surface area contributed by atoms with E-state index in [4.69, 9.17) is 0 Å². The highest BCUT2D eigenvalue weighted by Gasteiger charge is 2.38. The van der Waals surface area contributed by atoms with E-state index in [0.717, 1.165) is 17.9 Å². The second kappa shape index (κ2) is 5.05. The van der Waals surface area contributed by atoms with Crippen molar-refractivity contribution in [1.29, 1.82) is 0 Å². The lowest BCUT2D eigenvalue weighted by Gasteiger charge is -2.30. The summed E-state index contributed by atoms with van der Waals surface area (Å²) in [6.07, 6.45) is 10.4. The average Bonchev–Trinajstić information content (AvgIpc) is 2.76. The molecule has 2 aliphatic heterocycles. The molecule has 2 atom stereocenters. The molecule has 16 heavy (non-hydrogen) atoms. The van der Waals surface area contributed by atoms with Gasteiger partial charge in [-0.1, -0.05) is 32.1 Å². The summed E-state index contributed by atoms with van der Waals surface area (Å²) in [6.45, 7) is 5.35. The van der Waals surface area contributed by atoms with Crippen LogP contribution in [0.15, 0.2) is 0 Å². The maximum absolute atomic E-state index is 3.54. The fourth-order valence-corrected chi connectivity index (χ4v) is 3.99. The van der Waals surface area contributed by atoms with Crippen molar-refractivity contribution in [2.24, 2.45) is 11.8 Å². The van der Waals surface area contributed by atoms with Crippen LogP contribution < -0.4 is 5.32 Å². The molecule has 0 aromatic carbocycles. The number of rotatable bonds is 1. The lowest BCUT2D eigenvalue weighted by Crippen LogP contribution is -2.36. The monoisotopic (exact) mass is 222 g/mol. The minimum atomic E-state index is 0.936. The Hall–Kier alpha value is -0.0800. The van der Waals surface area contributed by atoms with E-state index < -0.39 is 0 Å². The summed E-state index contributed by atoms with van der Waals surface area (Å²) in [5.74, 6) is 1.95. The highest BCUT2D eigenvalue weighted by Crippen LogP contribution is 2.31. The smallest absolute Gasteiger partial charge is 0.00955 e. The van der Waals surface area contributed by atoms with Gasteiger partial charge in [-0.2, -0.15) is 0 Å². The van der Waals surface area contributed by atoms with Crippen molar-refractivity contribution in [2.45, 2.75) is 51.0 Å². The van der Waals surface area contributed by atoms with Crippen LogP contribution in [-0.2, 0) is 0 Å². The minimum absolute atomic E-state index is 0.936. The Morgan fingerprint density at radius 3 is 1.94 bits per heavy atom. The molecule has 92 valence electrons. The fraction of sp³-hybridized carbons (Fsp3) is 1.00. The number of hydrogen-bond donors (Lipinski definition) is 1. The summed E-state index contributed by atoms with van der Waals surface area (Å²) in [5, 5.41) is 3.54. The standard InChI is InChI=1S/C14H26N2/c1-2-4-6-14(7-5-3-1)16-10-12-8-15-9-13(12)11-16/h12-15H,1-11H2/t12-,13+. The first-order valence-corrected chi connectivity index (χ1v) is 7.38. The molecule has 2 nitrogen and oxygen atoms in total. The first kappa shape index (κ1) is 11.0. The van der Waals surface area contributed by atoms with Crippen molar-refractivity contribution in [2.75, 3.05) is 26.2 Å². The Labute approximate surface area is 99.8 Å². The molecule has 1 saturated carbocycles. The molecule has 0 radical (unpaired) electrons. The third-order valence-electron chi connectivity index (χ3n) is 5.01. The van der Waals surface area contributed by atoms with Gasteiger partial charge in [-0.3, -0.25) is 4.90 Å². The first-order chi connectivity index (χ1) is 7.93. The summed E-state index contributed by atoms with van der Waals surface area (Å²) in [7, 11) is 0. The highest BCUT2D eigenvalue weighted by molar-refractivity contribution is 4.93. The average molecular weight is 222 g/mol. The van der Waals surface area contributed by atoms with Gasteiger partial charge in [0.1, 0.15) is 0 Å². The van der Waals surface area contributed by atoms with Gasteiger partial charge in [-0.25, -0.2) is 0 Å². The molecular weight excluding hydrogens is 196 g/mol. The third kappa shape index (κ3) is 2.28. The van der Waals surface area contributed by atoms with E-state index in [9.17, 15) is 0 Å². The Bertz CT molecular complexity index is 209. The molecule has 3 aliphatic rings. The lowest BCUT2D eigenvalue weighted by atomic mass is 9.96. The van der Waals surface area contributed by atoms with E-state index in [1.54, 1.807) is 0 Å². The van der Waals surface area contributed by atoms with Gasteiger partial charge in [0.15, 0.2) is 0 Å². The van der Waals surface area contributed by atoms with Gasteiger partial charge < -0.3 is 5.32 Å². The van der Waals surface area contributed by atoms with Crippen LogP contribution in [-0.4, -0.2) is 37.1 Å². The minimum Gasteiger partial charge on any atom is -0.316 e. The molecule has 3 fully saturated rings. The van der Waals surface area contributed by atoms with Crippen molar-refractivity contribution in [1.82, 2.24) is 10.2 Å². The van der Waals surface area contributed by atoms with E-state index in [0.29, 0.717) is 0 Å². The SMILES string of the molecule is C1CCCC(N2C[C@H]3CNC[C@H]3C2)CCC1. The molecule has 2 saturated heterocycles. The predicted molar refractivity (Wildman–Crippen MR) is 67.5 cm³/mol. The third-order valence-corrected chi connectivity index (χ3v) is 5.01. The molecule has 0 aromatic heterocycles. The maximum Gasteiger partial charge on any atom is 0.00955 e. The lowest BCUT2D eigenvalue weighted by molar-refractivity contribution is 0.190. The topological polar surface area (TPSA) is 15.3 Å². The van der Waals surface area contributed by atoms with Crippen LogP contribution in [0.25, 0.3) is 0 Å². The fourth-order valence-electron chi connectivity index (χ4n) is 3.99. The molecule has 2 heteroatoms. The normalized spacial score (nSPS) is 38.2. The van der Waals surface area contributed by atoms with Crippen LogP contribution in [0.5, 0.6) is 0 Å². The largest absolute Gasteiger partial charge is 0.316 e. The van der Waals surface area contributed by atoms with Gasteiger partial charge >= 0.3 is 0 Å². The van der Waals surface area contributed by atoms with Crippen LogP contribution in [0.4, 0.5) is 0 Å². The maximum atomic E-state index is 3.54. The van der Waals surface area contributed by atoms with Crippen LogP contribution in [0.1, 0.15) is 44.9 Å². The Kier molecular flexibility index (Phi) is 3.49. The van der Waals surface area contributed by atoms with Crippen molar-refractivity contribution in [3.8, 4) is 0 Å². The van der Waals surface area contributed by atoms with Crippen LogP contribution >= 0.6 is 0 Å². The number of hydrogen-bond acceptors (Lipinski definition) is 2. The zero-order chi connectivity index (χ0) is 10.8. The van der Waals surface area contributed by atoms with Gasteiger partial charge in [0, 0.05) is 19.1 Å². The van der Waals surface area contributed by atoms with E-state index in [-0.39, 0.29) is 0 Å². The molecule has 0 spiro atoms. The number of nitrogens with one attached hydrogen (secondary N) is 1. The van der Waals surface area contributed by atoms with Crippen molar-refractivity contribution in [3.63, 3.8) is 0 Å². The number of likely N-dealkylation sites (tertiary alicyclic amines) is 1. The second-order valence-corrected chi connectivity index (χ2v) is 6.13. The first-order valence-electron chi connectivity index (χ1n) is 7.38. The molecule has 0 aromatic rings. The predicted octanol–water partition coefficient (Wildman–Crippen LogP) is 2.25. The molecule has 0 bridgehead atoms. The summed E-state index contributed by atoms with van der Waals surface area (Å²) in [6, 6.07) is 0.936. The Morgan fingerprint density at radius 2 is 1.31 bits per heavy atom. The summed E-state index contributed by atoms with van der Waals surface area (Å²) >= 11 is 0. The summed E-state index contributed by atoms with van der Waals surface area (Å²) in [5.41, 5.74) is 0. The zero-order valence-corrected chi connectivity index (χ0v) is 10.5. The van der Waals surface area contributed by atoms with Crippen LogP contribution in [0.2, 0.25) is 0 Å². The van der Waals surface area contributed by atoms with E-state index in [2.05, 4.69) is 10.2 Å². The van der Waals surface area contributed by atoms with Gasteiger partial charge in [-0.15, -0.1) is 0 Å². The van der Waals surface area contributed by atoms with Crippen molar-refractivity contribution >= 4 is 0 Å². The highest BCUT2D eigenvalue weighted by atomic mass is 15.2. The van der Waals surface area contributed by atoms with Crippen LogP contribution in [0.3, 0.4) is 0 Å². The molecular formula is C14H26N2. The van der Waals surface area contributed by atoms with E-state index >= 15 is 0 Å².